The highest BCUT2D eigenvalue weighted by molar-refractivity contribution is 7.13. The maximum atomic E-state index is 12.5. The van der Waals surface area contributed by atoms with Crippen molar-refractivity contribution < 1.29 is 9.59 Å². The Kier molecular flexibility index (Phi) is 6.25. The second kappa shape index (κ2) is 8.20. The van der Waals surface area contributed by atoms with E-state index >= 15 is 0 Å². The van der Waals surface area contributed by atoms with Gasteiger partial charge in [-0.2, -0.15) is 0 Å². The Bertz CT molecular complexity index is 722. The van der Waals surface area contributed by atoms with Gasteiger partial charge in [0.15, 0.2) is 0 Å². The molecule has 0 saturated carbocycles. The standard InChI is InChI=1S/C18H24N4O2S/c1-5-22(11-15(23)21-18(2,3)4)16(24)9-14-12-25-17(20-14)13-7-6-8-19-10-13/h6-8,10,12H,5,9,11H2,1-4H3,(H,21,23). The van der Waals surface area contributed by atoms with Gasteiger partial charge >= 0.3 is 0 Å². The zero-order valence-corrected chi connectivity index (χ0v) is 15.9. The number of hydrogen-bond donors (Lipinski definition) is 1. The summed E-state index contributed by atoms with van der Waals surface area (Å²) in [7, 11) is 0. The number of carbonyl (C=O) groups is 2. The Labute approximate surface area is 152 Å². The first-order valence-corrected chi connectivity index (χ1v) is 9.10. The quantitative estimate of drug-likeness (QED) is 0.859. The van der Waals surface area contributed by atoms with Gasteiger partial charge in [-0.05, 0) is 39.8 Å². The SMILES string of the molecule is CCN(CC(=O)NC(C)(C)C)C(=O)Cc1csc(-c2cccnc2)n1. The van der Waals surface area contributed by atoms with Crippen LogP contribution < -0.4 is 5.32 Å². The number of pyridine rings is 1. The molecule has 0 aliphatic heterocycles. The molecule has 2 aromatic rings. The van der Waals surface area contributed by atoms with E-state index in [1.165, 1.54) is 11.3 Å². The van der Waals surface area contributed by atoms with Gasteiger partial charge in [0.1, 0.15) is 5.01 Å². The second-order valence-corrected chi connectivity index (χ2v) is 7.63. The lowest BCUT2D eigenvalue weighted by Gasteiger charge is -2.25. The summed E-state index contributed by atoms with van der Waals surface area (Å²) in [4.78, 5) is 34.7. The Morgan fingerprint density at radius 2 is 2.08 bits per heavy atom. The molecule has 0 aliphatic carbocycles. The van der Waals surface area contributed by atoms with Gasteiger partial charge in [-0.15, -0.1) is 11.3 Å². The van der Waals surface area contributed by atoms with Gasteiger partial charge in [0.2, 0.25) is 11.8 Å². The van der Waals surface area contributed by atoms with Crippen LogP contribution in [0.2, 0.25) is 0 Å². The number of nitrogens with one attached hydrogen (secondary N) is 1. The molecular formula is C18H24N4O2S. The fourth-order valence-electron chi connectivity index (χ4n) is 2.28. The normalized spacial score (nSPS) is 11.2. The van der Waals surface area contributed by atoms with Gasteiger partial charge in [-0.1, -0.05) is 0 Å². The van der Waals surface area contributed by atoms with Crippen LogP contribution >= 0.6 is 11.3 Å². The molecule has 2 heterocycles. The summed E-state index contributed by atoms with van der Waals surface area (Å²) < 4.78 is 0. The van der Waals surface area contributed by atoms with Gasteiger partial charge in [-0.3, -0.25) is 14.6 Å². The summed E-state index contributed by atoms with van der Waals surface area (Å²) in [5, 5.41) is 5.59. The summed E-state index contributed by atoms with van der Waals surface area (Å²) in [5.74, 6) is -0.258. The minimum atomic E-state index is -0.312. The van der Waals surface area contributed by atoms with Crippen molar-refractivity contribution in [3.8, 4) is 10.6 Å². The summed E-state index contributed by atoms with van der Waals surface area (Å²) in [6, 6.07) is 3.79. The molecule has 0 aliphatic rings. The minimum absolute atomic E-state index is 0.0617. The molecule has 2 aromatic heterocycles. The predicted octanol–water partition coefficient (Wildman–Crippen LogP) is 2.51. The van der Waals surface area contributed by atoms with E-state index in [4.69, 9.17) is 0 Å². The molecule has 2 rings (SSSR count). The maximum Gasteiger partial charge on any atom is 0.240 e. The first-order chi connectivity index (χ1) is 11.8. The molecule has 0 atom stereocenters. The van der Waals surface area contributed by atoms with Crippen LogP contribution in [0.5, 0.6) is 0 Å². The van der Waals surface area contributed by atoms with Crippen LogP contribution in [0, 0.1) is 0 Å². The van der Waals surface area contributed by atoms with Crippen molar-refractivity contribution in [2.45, 2.75) is 39.7 Å². The number of rotatable bonds is 6. The third-order valence-electron chi connectivity index (χ3n) is 3.38. The number of likely N-dealkylation sites (N-methyl/N-ethyl adjacent to an activating group) is 1. The molecule has 0 bridgehead atoms. The van der Waals surface area contributed by atoms with Crippen LogP contribution in [0.15, 0.2) is 29.9 Å². The number of amides is 2. The Morgan fingerprint density at radius 1 is 1.32 bits per heavy atom. The van der Waals surface area contributed by atoms with E-state index in [0.29, 0.717) is 12.2 Å². The van der Waals surface area contributed by atoms with Crippen LogP contribution in [0.4, 0.5) is 0 Å². The summed E-state index contributed by atoms with van der Waals surface area (Å²) >= 11 is 1.48. The zero-order valence-electron chi connectivity index (χ0n) is 15.1. The van der Waals surface area contributed by atoms with Crippen LogP contribution in [0.3, 0.4) is 0 Å². The first-order valence-electron chi connectivity index (χ1n) is 8.22. The van der Waals surface area contributed by atoms with Gasteiger partial charge < -0.3 is 10.2 Å². The molecule has 134 valence electrons. The Hall–Kier alpha value is -2.28. The molecule has 0 fully saturated rings. The predicted molar refractivity (Wildman–Crippen MR) is 99.2 cm³/mol. The van der Waals surface area contributed by atoms with Crippen molar-refractivity contribution in [3.05, 3.63) is 35.6 Å². The van der Waals surface area contributed by atoms with E-state index in [-0.39, 0.29) is 30.3 Å². The molecule has 0 spiro atoms. The van der Waals surface area contributed by atoms with Crippen LogP contribution in [0.25, 0.3) is 10.6 Å². The first kappa shape index (κ1) is 19.1. The van der Waals surface area contributed by atoms with Crippen molar-refractivity contribution >= 4 is 23.2 Å². The lowest BCUT2D eigenvalue weighted by Crippen LogP contribution is -2.47. The third kappa shape index (κ3) is 5.94. The smallest absolute Gasteiger partial charge is 0.240 e. The van der Waals surface area contributed by atoms with Gasteiger partial charge in [0.25, 0.3) is 0 Å². The number of carbonyl (C=O) groups excluding carboxylic acids is 2. The summed E-state index contributed by atoms with van der Waals surface area (Å²) in [6.07, 6.45) is 3.65. The molecule has 0 radical (unpaired) electrons. The highest BCUT2D eigenvalue weighted by atomic mass is 32.1. The van der Waals surface area contributed by atoms with Crippen LogP contribution in [0.1, 0.15) is 33.4 Å². The van der Waals surface area contributed by atoms with Crippen molar-refractivity contribution in [2.75, 3.05) is 13.1 Å². The van der Waals surface area contributed by atoms with E-state index < -0.39 is 0 Å². The minimum Gasteiger partial charge on any atom is -0.350 e. The number of aromatic nitrogens is 2. The van der Waals surface area contributed by atoms with Crippen LogP contribution in [-0.2, 0) is 16.0 Å². The second-order valence-electron chi connectivity index (χ2n) is 6.77. The van der Waals surface area contributed by atoms with Crippen molar-refractivity contribution in [2.24, 2.45) is 0 Å². The number of nitrogens with zero attached hydrogens (tertiary/aromatic N) is 3. The maximum absolute atomic E-state index is 12.5. The molecule has 6 nitrogen and oxygen atoms in total. The van der Waals surface area contributed by atoms with E-state index in [2.05, 4.69) is 15.3 Å². The molecule has 25 heavy (non-hydrogen) atoms. The Morgan fingerprint density at radius 3 is 2.68 bits per heavy atom. The van der Waals surface area contributed by atoms with Gasteiger partial charge in [0.05, 0.1) is 18.7 Å². The average molecular weight is 360 g/mol. The fourth-order valence-corrected chi connectivity index (χ4v) is 3.09. The molecule has 1 N–H and O–H groups in total. The lowest BCUT2D eigenvalue weighted by molar-refractivity contribution is -0.135. The van der Waals surface area contributed by atoms with Crippen molar-refractivity contribution in [3.63, 3.8) is 0 Å². The molecule has 0 aromatic carbocycles. The highest BCUT2D eigenvalue weighted by Crippen LogP contribution is 2.23. The van der Waals surface area contributed by atoms with Crippen molar-refractivity contribution in [1.82, 2.24) is 20.2 Å². The molecule has 2 amide bonds. The zero-order chi connectivity index (χ0) is 18.4. The van der Waals surface area contributed by atoms with E-state index in [0.717, 1.165) is 10.6 Å². The molecule has 7 heteroatoms. The topological polar surface area (TPSA) is 75.2 Å². The van der Waals surface area contributed by atoms with Crippen LogP contribution in [-0.4, -0.2) is 45.3 Å². The van der Waals surface area contributed by atoms with E-state index in [1.54, 1.807) is 17.3 Å². The Balaban J connectivity index is 1.98. The summed E-state index contributed by atoms with van der Waals surface area (Å²) in [6.45, 7) is 8.15. The number of thiazole rings is 1. The number of hydrogen-bond acceptors (Lipinski definition) is 5. The monoisotopic (exact) mass is 360 g/mol. The lowest BCUT2D eigenvalue weighted by atomic mass is 10.1. The van der Waals surface area contributed by atoms with Gasteiger partial charge in [0, 0.05) is 35.4 Å². The van der Waals surface area contributed by atoms with E-state index in [9.17, 15) is 9.59 Å². The average Bonchev–Trinajstić information content (AvgIpc) is 3.00. The largest absolute Gasteiger partial charge is 0.350 e. The van der Waals surface area contributed by atoms with Gasteiger partial charge in [-0.25, -0.2) is 4.98 Å². The molecular weight excluding hydrogens is 336 g/mol. The molecule has 0 unspecified atom stereocenters. The van der Waals surface area contributed by atoms with E-state index in [1.807, 2.05) is 45.2 Å². The highest BCUT2D eigenvalue weighted by Gasteiger charge is 2.20. The van der Waals surface area contributed by atoms with Crippen molar-refractivity contribution in [1.29, 1.82) is 0 Å². The molecule has 0 saturated heterocycles. The third-order valence-corrected chi connectivity index (χ3v) is 4.32. The summed E-state index contributed by atoms with van der Waals surface area (Å²) in [5.41, 5.74) is 1.33. The fraction of sp³-hybridized carbons (Fsp3) is 0.444.